The van der Waals surface area contributed by atoms with E-state index in [0.717, 1.165) is 70.1 Å². The van der Waals surface area contributed by atoms with Crippen LogP contribution in [-0.2, 0) is 11.2 Å². The van der Waals surface area contributed by atoms with E-state index >= 15 is 0 Å². The highest BCUT2D eigenvalue weighted by Gasteiger charge is 2.21. The molecule has 1 amide bonds. The largest absolute Gasteiger partial charge is 0.357 e. The van der Waals surface area contributed by atoms with Crippen LogP contribution >= 0.6 is 0 Å². The number of nitrogens with one attached hydrogen (secondary N) is 2. The van der Waals surface area contributed by atoms with Crippen molar-refractivity contribution in [1.29, 1.82) is 0 Å². The predicted molar refractivity (Wildman–Crippen MR) is 123 cm³/mol. The van der Waals surface area contributed by atoms with Gasteiger partial charge in [-0.05, 0) is 70.8 Å². The molecule has 162 valence electrons. The molecule has 1 aromatic rings. The molecule has 0 aromatic heterocycles. The minimum Gasteiger partial charge on any atom is -0.357 e. The van der Waals surface area contributed by atoms with Gasteiger partial charge in [-0.15, -0.1) is 0 Å². The fourth-order valence-electron chi connectivity index (χ4n) is 3.81. The molecule has 29 heavy (non-hydrogen) atoms. The van der Waals surface area contributed by atoms with E-state index in [9.17, 15) is 4.79 Å². The van der Waals surface area contributed by atoms with Crippen molar-refractivity contribution in [2.24, 2.45) is 4.99 Å². The summed E-state index contributed by atoms with van der Waals surface area (Å²) in [7, 11) is 0. The van der Waals surface area contributed by atoms with E-state index in [1.54, 1.807) is 0 Å². The number of hydrogen-bond donors (Lipinski definition) is 2. The van der Waals surface area contributed by atoms with Gasteiger partial charge >= 0.3 is 0 Å². The van der Waals surface area contributed by atoms with Crippen molar-refractivity contribution < 1.29 is 4.79 Å². The van der Waals surface area contributed by atoms with E-state index in [1.807, 2.05) is 30.0 Å². The zero-order valence-electron chi connectivity index (χ0n) is 18.7. The summed E-state index contributed by atoms with van der Waals surface area (Å²) >= 11 is 0. The van der Waals surface area contributed by atoms with Crippen molar-refractivity contribution in [3.8, 4) is 0 Å². The Morgan fingerprint density at radius 2 is 2.00 bits per heavy atom. The number of carbonyl (C=O) groups is 1. The SMILES string of the molecule is CCNC(=NCC(=O)N1CCCc2ccccc21)NC(C)CCCN(CC)CC. The topological polar surface area (TPSA) is 60.0 Å². The van der Waals surface area contributed by atoms with Gasteiger partial charge in [0.15, 0.2) is 5.96 Å². The molecule has 6 nitrogen and oxygen atoms in total. The third kappa shape index (κ3) is 7.35. The maximum atomic E-state index is 12.8. The number of amides is 1. The van der Waals surface area contributed by atoms with E-state index < -0.39 is 0 Å². The van der Waals surface area contributed by atoms with Gasteiger partial charge in [0.2, 0.25) is 5.91 Å². The molecule has 2 N–H and O–H groups in total. The second-order valence-corrected chi connectivity index (χ2v) is 7.69. The summed E-state index contributed by atoms with van der Waals surface area (Å²) in [5.41, 5.74) is 2.30. The summed E-state index contributed by atoms with van der Waals surface area (Å²) in [5, 5.41) is 6.72. The van der Waals surface area contributed by atoms with E-state index in [2.05, 4.69) is 47.4 Å². The van der Waals surface area contributed by atoms with Crippen molar-refractivity contribution in [2.75, 3.05) is 44.2 Å². The normalized spacial score (nSPS) is 15.2. The van der Waals surface area contributed by atoms with E-state index in [-0.39, 0.29) is 12.5 Å². The van der Waals surface area contributed by atoms with Crippen molar-refractivity contribution in [3.05, 3.63) is 29.8 Å². The van der Waals surface area contributed by atoms with Crippen LogP contribution in [0, 0.1) is 0 Å². The molecule has 1 aromatic carbocycles. The summed E-state index contributed by atoms with van der Waals surface area (Å²) < 4.78 is 0. The van der Waals surface area contributed by atoms with Crippen LogP contribution in [0.25, 0.3) is 0 Å². The number of para-hydroxylation sites is 1. The molecule has 1 aliphatic rings. The number of hydrogen-bond acceptors (Lipinski definition) is 3. The average Bonchev–Trinajstić information content (AvgIpc) is 2.74. The number of fused-ring (bicyclic) bond motifs is 1. The first-order valence-electron chi connectivity index (χ1n) is 11.2. The van der Waals surface area contributed by atoms with Crippen LogP contribution in [0.2, 0.25) is 0 Å². The van der Waals surface area contributed by atoms with Crippen molar-refractivity contribution in [1.82, 2.24) is 15.5 Å². The molecule has 0 aliphatic carbocycles. The molecule has 0 radical (unpaired) electrons. The Hall–Kier alpha value is -2.08. The molecular formula is C23H39N5O. The number of nitrogens with zero attached hydrogens (tertiary/aromatic N) is 3. The molecular weight excluding hydrogens is 362 g/mol. The first kappa shape index (κ1) is 23.2. The molecule has 0 saturated carbocycles. The lowest BCUT2D eigenvalue weighted by molar-refractivity contribution is -0.117. The smallest absolute Gasteiger partial charge is 0.248 e. The molecule has 0 bridgehead atoms. The molecule has 1 aliphatic heterocycles. The van der Waals surface area contributed by atoms with Gasteiger partial charge in [-0.2, -0.15) is 0 Å². The highest BCUT2D eigenvalue weighted by molar-refractivity contribution is 5.97. The van der Waals surface area contributed by atoms with Gasteiger partial charge in [-0.1, -0.05) is 32.0 Å². The third-order valence-electron chi connectivity index (χ3n) is 5.52. The van der Waals surface area contributed by atoms with Crippen molar-refractivity contribution in [2.45, 2.75) is 59.4 Å². The van der Waals surface area contributed by atoms with Gasteiger partial charge in [0, 0.05) is 24.8 Å². The molecule has 6 heteroatoms. The van der Waals surface area contributed by atoms with Gasteiger partial charge in [0.25, 0.3) is 0 Å². The predicted octanol–water partition coefficient (Wildman–Crippen LogP) is 3.03. The standard InChI is InChI=1S/C23H39N5O/c1-5-24-23(26-19(4)12-10-16-27(6-2)7-3)25-18-22(29)28-17-11-14-20-13-8-9-15-21(20)28/h8-9,13,15,19H,5-7,10-12,14,16-18H2,1-4H3,(H2,24,25,26). The Bertz CT molecular complexity index is 656. The molecule has 0 saturated heterocycles. The van der Waals surface area contributed by atoms with E-state index in [0.29, 0.717) is 6.04 Å². The molecule has 1 atom stereocenters. The average molecular weight is 402 g/mol. The van der Waals surface area contributed by atoms with Crippen LogP contribution in [0.4, 0.5) is 5.69 Å². The minimum atomic E-state index is 0.0588. The van der Waals surface area contributed by atoms with E-state index in [4.69, 9.17) is 0 Å². The Morgan fingerprint density at radius 1 is 1.24 bits per heavy atom. The quantitative estimate of drug-likeness (QED) is 0.467. The summed E-state index contributed by atoms with van der Waals surface area (Å²) in [6.07, 6.45) is 4.28. The Balaban J connectivity index is 1.89. The molecule has 2 rings (SSSR count). The van der Waals surface area contributed by atoms with Crippen LogP contribution in [0.15, 0.2) is 29.3 Å². The van der Waals surface area contributed by atoms with Crippen LogP contribution in [0.5, 0.6) is 0 Å². The first-order chi connectivity index (χ1) is 14.1. The second-order valence-electron chi connectivity index (χ2n) is 7.69. The van der Waals surface area contributed by atoms with Crippen LogP contribution in [-0.4, -0.2) is 62.1 Å². The molecule has 0 spiro atoms. The number of rotatable bonds is 10. The summed E-state index contributed by atoms with van der Waals surface area (Å²) in [6.45, 7) is 13.7. The number of carbonyl (C=O) groups excluding carboxylic acids is 1. The fraction of sp³-hybridized carbons (Fsp3) is 0.652. The lowest BCUT2D eigenvalue weighted by Gasteiger charge is -2.29. The van der Waals surface area contributed by atoms with Gasteiger partial charge in [0.05, 0.1) is 0 Å². The van der Waals surface area contributed by atoms with Crippen LogP contribution < -0.4 is 15.5 Å². The highest BCUT2D eigenvalue weighted by Crippen LogP contribution is 2.26. The van der Waals surface area contributed by atoms with Crippen molar-refractivity contribution >= 4 is 17.6 Å². The maximum absolute atomic E-state index is 12.8. The minimum absolute atomic E-state index is 0.0588. The molecule has 0 fully saturated rings. The van der Waals surface area contributed by atoms with Gasteiger partial charge < -0.3 is 20.4 Å². The number of anilines is 1. The third-order valence-corrected chi connectivity index (χ3v) is 5.52. The Labute approximate surface area is 176 Å². The summed E-state index contributed by atoms with van der Waals surface area (Å²) in [6, 6.07) is 8.51. The fourth-order valence-corrected chi connectivity index (χ4v) is 3.81. The number of aryl methyl sites for hydroxylation is 1. The lowest BCUT2D eigenvalue weighted by atomic mass is 10.0. The first-order valence-corrected chi connectivity index (χ1v) is 11.2. The zero-order chi connectivity index (χ0) is 21.1. The van der Waals surface area contributed by atoms with Gasteiger partial charge in [-0.25, -0.2) is 4.99 Å². The number of benzene rings is 1. The molecule has 1 heterocycles. The Morgan fingerprint density at radius 3 is 2.72 bits per heavy atom. The van der Waals surface area contributed by atoms with E-state index in [1.165, 1.54) is 5.56 Å². The van der Waals surface area contributed by atoms with Crippen molar-refractivity contribution in [3.63, 3.8) is 0 Å². The lowest BCUT2D eigenvalue weighted by Crippen LogP contribution is -2.43. The Kier molecular flexibility index (Phi) is 9.98. The second kappa shape index (κ2) is 12.5. The highest BCUT2D eigenvalue weighted by atomic mass is 16.2. The van der Waals surface area contributed by atoms with Crippen LogP contribution in [0.1, 0.15) is 52.5 Å². The number of guanidine groups is 1. The number of aliphatic imine (C=N–C) groups is 1. The summed E-state index contributed by atoms with van der Waals surface area (Å²) in [5.74, 6) is 0.782. The van der Waals surface area contributed by atoms with Gasteiger partial charge in [-0.3, -0.25) is 4.79 Å². The van der Waals surface area contributed by atoms with Crippen LogP contribution in [0.3, 0.4) is 0 Å². The van der Waals surface area contributed by atoms with Gasteiger partial charge in [0.1, 0.15) is 6.54 Å². The maximum Gasteiger partial charge on any atom is 0.248 e. The monoisotopic (exact) mass is 401 g/mol. The zero-order valence-corrected chi connectivity index (χ0v) is 18.7. The summed E-state index contributed by atoms with van der Waals surface area (Å²) in [4.78, 5) is 21.7. The molecule has 1 unspecified atom stereocenters.